The number of benzene rings is 1. The third kappa shape index (κ3) is 3.42. The molecule has 2 heterocycles. The second-order valence-electron chi connectivity index (χ2n) is 6.39. The summed E-state index contributed by atoms with van der Waals surface area (Å²) in [7, 11) is 0. The maximum absolute atomic E-state index is 13.1. The van der Waals surface area contributed by atoms with Gasteiger partial charge in [0.25, 0.3) is 5.91 Å². The first-order valence-corrected chi connectivity index (χ1v) is 8.50. The zero-order chi connectivity index (χ0) is 17.1. The van der Waals surface area contributed by atoms with Gasteiger partial charge in [0.1, 0.15) is 0 Å². The van der Waals surface area contributed by atoms with Crippen LogP contribution in [0.15, 0.2) is 24.3 Å². The Hall–Kier alpha value is -1.98. The maximum Gasteiger partial charge on any atom is 0.254 e. The van der Waals surface area contributed by atoms with E-state index in [1.54, 1.807) is 4.90 Å². The molecule has 1 saturated heterocycles. The monoisotopic (exact) mass is 328 g/mol. The Morgan fingerprint density at radius 3 is 3.00 bits per heavy atom. The van der Waals surface area contributed by atoms with Crippen molar-refractivity contribution in [3.63, 3.8) is 0 Å². The lowest BCUT2D eigenvalue weighted by Crippen LogP contribution is -2.37. The van der Waals surface area contributed by atoms with Gasteiger partial charge in [0.05, 0.1) is 24.3 Å². The van der Waals surface area contributed by atoms with Crippen molar-refractivity contribution in [3.8, 4) is 0 Å². The molecule has 0 spiro atoms. The van der Waals surface area contributed by atoms with Crippen molar-refractivity contribution in [1.29, 1.82) is 0 Å². The van der Waals surface area contributed by atoms with Crippen molar-refractivity contribution in [2.45, 2.75) is 20.3 Å². The number of aliphatic hydroxyl groups is 1. The second-order valence-corrected chi connectivity index (χ2v) is 6.39. The molecule has 1 aliphatic rings. The van der Waals surface area contributed by atoms with Crippen LogP contribution in [0.2, 0.25) is 0 Å². The minimum atomic E-state index is -0.0307. The van der Waals surface area contributed by atoms with Gasteiger partial charge in [0.2, 0.25) is 0 Å². The number of rotatable bonds is 3. The molecule has 24 heavy (non-hydrogen) atoms. The van der Waals surface area contributed by atoms with E-state index in [2.05, 4.69) is 24.0 Å². The Morgan fingerprint density at radius 1 is 1.42 bits per heavy atom. The highest BCUT2D eigenvalue weighted by Crippen LogP contribution is 2.23. The van der Waals surface area contributed by atoms with Gasteiger partial charge in [0.15, 0.2) is 0 Å². The molecule has 0 unspecified atom stereocenters. The summed E-state index contributed by atoms with van der Waals surface area (Å²) in [4.78, 5) is 19.5. The van der Waals surface area contributed by atoms with Crippen LogP contribution in [0, 0.1) is 12.8 Å². The molecular formula is C19H24N2O3. The number of hydrogen-bond donors (Lipinski definition) is 1. The van der Waals surface area contributed by atoms with E-state index in [1.165, 1.54) is 5.56 Å². The van der Waals surface area contributed by atoms with Gasteiger partial charge >= 0.3 is 0 Å². The van der Waals surface area contributed by atoms with E-state index >= 15 is 0 Å². The number of aliphatic hydroxyl groups excluding tert-OH is 1. The van der Waals surface area contributed by atoms with Crippen LogP contribution in [-0.4, -0.2) is 53.8 Å². The average molecular weight is 328 g/mol. The fraction of sp³-hybridized carbons (Fsp3) is 0.474. The van der Waals surface area contributed by atoms with Crippen LogP contribution in [0.3, 0.4) is 0 Å². The predicted molar refractivity (Wildman–Crippen MR) is 93.2 cm³/mol. The smallest absolute Gasteiger partial charge is 0.254 e. The summed E-state index contributed by atoms with van der Waals surface area (Å²) in [6, 6.07) is 7.97. The Bertz CT molecular complexity index is 745. The molecule has 5 heteroatoms. The molecule has 1 fully saturated rings. The summed E-state index contributed by atoms with van der Waals surface area (Å²) >= 11 is 0. The molecular weight excluding hydrogens is 304 g/mol. The topological polar surface area (TPSA) is 62.7 Å². The summed E-state index contributed by atoms with van der Waals surface area (Å²) < 4.78 is 5.50. The first kappa shape index (κ1) is 16.9. The largest absolute Gasteiger partial charge is 0.396 e. The van der Waals surface area contributed by atoms with Crippen molar-refractivity contribution < 1.29 is 14.6 Å². The molecule has 128 valence electrons. The number of amides is 1. The van der Waals surface area contributed by atoms with E-state index in [0.717, 1.165) is 23.0 Å². The van der Waals surface area contributed by atoms with Crippen LogP contribution in [0.25, 0.3) is 10.9 Å². The Labute approximate surface area is 142 Å². The van der Waals surface area contributed by atoms with Gasteiger partial charge in [-0.05, 0) is 37.1 Å². The lowest BCUT2D eigenvalue weighted by Gasteiger charge is -2.23. The van der Waals surface area contributed by atoms with Crippen molar-refractivity contribution in [1.82, 2.24) is 9.88 Å². The number of aromatic nitrogens is 1. The predicted octanol–water partition coefficient (Wildman–Crippen LogP) is 2.19. The summed E-state index contributed by atoms with van der Waals surface area (Å²) in [6.45, 7) is 6.10. The van der Waals surface area contributed by atoms with E-state index in [1.807, 2.05) is 19.1 Å². The van der Waals surface area contributed by atoms with Gasteiger partial charge in [-0.2, -0.15) is 0 Å². The third-order valence-electron chi connectivity index (χ3n) is 4.52. The molecule has 0 bridgehead atoms. The number of hydrogen-bond acceptors (Lipinski definition) is 4. The fourth-order valence-corrected chi connectivity index (χ4v) is 3.15. The molecule has 0 radical (unpaired) electrons. The fourth-order valence-electron chi connectivity index (χ4n) is 3.15. The van der Waals surface area contributed by atoms with Gasteiger partial charge in [-0.3, -0.25) is 9.78 Å². The molecule has 1 aromatic carbocycles. The SMILES string of the molecule is CCc1ccc2nc(C)cc(C(=O)N3CCOC[C@H](CO)C3)c2c1. The quantitative estimate of drug-likeness (QED) is 0.938. The number of fused-ring (bicyclic) bond motifs is 1. The highest BCUT2D eigenvalue weighted by atomic mass is 16.5. The summed E-state index contributed by atoms with van der Waals surface area (Å²) in [5.41, 5.74) is 3.56. The van der Waals surface area contributed by atoms with Gasteiger partial charge in [-0.25, -0.2) is 0 Å². The highest BCUT2D eigenvalue weighted by molar-refractivity contribution is 6.06. The van der Waals surface area contributed by atoms with Gasteiger partial charge in [0, 0.05) is 36.7 Å². The van der Waals surface area contributed by atoms with Gasteiger partial charge in [-0.15, -0.1) is 0 Å². The lowest BCUT2D eigenvalue weighted by molar-refractivity contribution is 0.0730. The molecule has 5 nitrogen and oxygen atoms in total. The van der Waals surface area contributed by atoms with Crippen molar-refractivity contribution in [2.75, 3.05) is 32.9 Å². The lowest BCUT2D eigenvalue weighted by atomic mass is 10.0. The summed E-state index contributed by atoms with van der Waals surface area (Å²) in [5, 5.41) is 10.3. The van der Waals surface area contributed by atoms with Crippen LogP contribution in [-0.2, 0) is 11.2 Å². The van der Waals surface area contributed by atoms with Crippen molar-refractivity contribution in [3.05, 3.63) is 41.1 Å². The van der Waals surface area contributed by atoms with E-state index in [0.29, 0.717) is 31.9 Å². The van der Waals surface area contributed by atoms with E-state index in [9.17, 15) is 9.90 Å². The van der Waals surface area contributed by atoms with Crippen LogP contribution < -0.4 is 0 Å². The van der Waals surface area contributed by atoms with Crippen molar-refractivity contribution >= 4 is 16.8 Å². The summed E-state index contributed by atoms with van der Waals surface area (Å²) in [5.74, 6) is -0.0421. The first-order chi connectivity index (χ1) is 11.6. The molecule has 0 aliphatic carbocycles. The Balaban J connectivity index is 2.01. The van der Waals surface area contributed by atoms with Crippen LogP contribution in [0.1, 0.15) is 28.5 Å². The van der Waals surface area contributed by atoms with Gasteiger partial charge in [-0.1, -0.05) is 13.0 Å². The molecule has 3 rings (SSSR count). The Kier molecular flexibility index (Phi) is 5.11. The second kappa shape index (κ2) is 7.28. The number of carbonyl (C=O) groups is 1. The molecule has 1 aromatic heterocycles. The average Bonchev–Trinajstić information content (AvgIpc) is 2.85. The minimum Gasteiger partial charge on any atom is -0.396 e. The number of ether oxygens (including phenoxy) is 1. The number of nitrogens with zero attached hydrogens (tertiary/aromatic N) is 2. The van der Waals surface area contributed by atoms with E-state index < -0.39 is 0 Å². The van der Waals surface area contributed by atoms with E-state index in [-0.39, 0.29) is 18.4 Å². The molecule has 0 saturated carbocycles. The molecule has 1 N–H and O–H groups in total. The van der Waals surface area contributed by atoms with Crippen LogP contribution in [0.5, 0.6) is 0 Å². The molecule has 1 amide bonds. The zero-order valence-corrected chi connectivity index (χ0v) is 14.3. The Morgan fingerprint density at radius 2 is 2.25 bits per heavy atom. The number of aryl methyl sites for hydroxylation is 2. The molecule has 1 atom stereocenters. The van der Waals surface area contributed by atoms with Crippen molar-refractivity contribution in [2.24, 2.45) is 5.92 Å². The maximum atomic E-state index is 13.1. The van der Waals surface area contributed by atoms with Crippen LogP contribution >= 0.6 is 0 Å². The minimum absolute atomic E-state index is 0.0114. The third-order valence-corrected chi connectivity index (χ3v) is 4.52. The number of carbonyl (C=O) groups excluding carboxylic acids is 1. The zero-order valence-electron chi connectivity index (χ0n) is 14.3. The standard InChI is InChI=1S/C19H24N2O3/c1-3-14-4-5-18-16(9-14)17(8-13(2)20-18)19(23)21-6-7-24-12-15(10-21)11-22/h4-5,8-9,15,22H,3,6-7,10-12H2,1-2H3/t15-/m0/s1. The molecule has 1 aliphatic heterocycles. The van der Waals surface area contributed by atoms with Crippen LogP contribution in [0.4, 0.5) is 0 Å². The van der Waals surface area contributed by atoms with E-state index in [4.69, 9.17) is 4.74 Å². The molecule has 2 aromatic rings. The normalized spacial score (nSPS) is 18.6. The van der Waals surface area contributed by atoms with Gasteiger partial charge < -0.3 is 14.7 Å². The number of pyridine rings is 1. The summed E-state index contributed by atoms with van der Waals surface area (Å²) in [6.07, 6.45) is 0.918. The first-order valence-electron chi connectivity index (χ1n) is 8.50. The highest BCUT2D eigenvalue weighted by Gasteiger charge is 2.24.